The summed E-state index contributed by atoms with van der Waals surface area (Å²) in [6, 6.07) is 4.93. The highest BCUT2D eigenvalue weighted by molar-refractivity contribution is 6.42. The predicted octanol–water partition coefficient (Wildman–Crippen LogP) is 3.43. The fraction of sp³-hybridized carbons (Fsp3) is 0.500. The molecule has 1 aromatic rings. The monoisotopic (exact) mass is 356 g/mol. The second-order valence-corrected chi connectivity index (χ2v) is 6.48. The highest BCUT2D eigenvalue weighted by atomic mass is 35.5. The summed E-state index contributed by atoms with van der Waals surface area (Å²) in [7, 11) is 1.94. The molecule has 0 spiro atoms. The van der Waals surface area contributed by atoms with Crippen LogP contribution in [0.3, 0.4) is 0 Å². The van der Waals surface area contributed by atoms with Crippen LogP contribution >= 0.6 is 23.2 Å². The highest BCUT2D eigenvalue weighted by Gasteiger charge is 2.24. The Kier molecular flexibility index (Phi) is 6.27. The third-order valence-electron chi connectivity index (χ3n) is 3.79. The van der Waals surface area contributed by atoms with Crippen LogP contribution in [0.5, 0.6) is 0 Å². The Labute approximate surface area is 147 Å². The Bertz CT molecular complexity index is 606. The van der Waals surface area contributed by atoms with Crippen LogP contribution in [0.1, 0.15) is 37.0 Å². The number of benzene rings is 1. The van der Waals surface area contributed by atoms with Crippen LogP contribution in [0.2, 0.25) is 10.0 Å². The minimum Gasteiger partial charge on any atom is -0.299 e. The Morgan fingerprint density at radius 2 is 2.13 bits per heavy atom. The first kappa shape index (κ1) is 18.0. The van der Waals surface area contributed by atoms with Gasteiger partial charge < -0.3 is 0 Å². The number of halogens is 2. The lowest BCUT2D eigenvalue weighted by atomic mass is 10.1. The van der Waals surface area contributed by atoms with Crippen LogP contribution in [-0.4, -0.2) is 47.8 Å². The molecule has 2 rings (SSSR count). The van der Waals surface area contributed by atoms with Gasteiger partial charge in [-0.15, -0.1) is 0 Å². The molecule has 126 valence electrons. The topological polar surface area (TPSA) is 47.9 Å². The summed E-state index contributed by atoms with van der Waals surface area (Å²) in [4.78, 5) is 12.8. The van der Waals surface area contributed by atoms with Crippen LogP contribution in [0.4, 0.5) is 0 Å². The van der Waals surface area contributed by atoms with E-state index in [-0.39, 0.29) is 11.9 Å². The standard InChI is InChI=1S/C16H22Cl2N4O/c1-4-13-9-11(2)22(19-7-8-21(3)20-13)16(23)12-5-6-14(17)15(18)10-12/h5-6,10-11,19H,4,7-9H2,1-3H3/b20-13+/t11-/m1/s1. The molecule has 1 atom stereocenters. The van der Waals surface area contributed by atoms with E-state index >= 15 is 0 Å². The maximum atomic E-state index is 12.8. The van der Waals surface area contributed by atoms with Gasteiger partial charge in [-0.3, -0.25) is 14.8 Å². The van der Waals surface area contributed by atoms with Crippen LogP contribution in [-0.2, 0) is 0 Å². The number of nitrogens with zero attached hydrogens (tertiary/aromatic N) is 3. The average molecular weight is 357 g/mol. The molecule has 0 aromatic heterocycles. The maximum absolute atomic E-state index is 12.8. The van der Waals surface area contributed by atoms with Crippen molar-refractivity contribution >= 4 is 34.8 Å². The summed E-state index contributed by atoms with van der Waals surface area (Å²) >= 11 is 12.0. The van der Waals surface area contributed by atoms with E-state index in [4.69, 9.17) is 23.2 Å². The molecule has 5 nitrogen and oxygen atoms in total. The molecule has 1 aromatic carbocycles. The molecule has 1 aliphatic heterocycles. The quantitative estimate of drug-likeness (QED) is 0.882. The third kappa shape index (κ3) is 4.59. The molecule has 0 aliphatic carbocycles. The first-order valence-corrected chi connectivity index (χ1v) is 8.47. The van der Waals surface area contributed by atoms with Gasteiger partial charge in [0.15, 0.2) is 0 Å². The van der Waals surface area contributed by atoms with Crippen molar-refractivity contribution < 1.29 is 4.79 Å². The zero-order chi connectivity index (χ0) is 17.0. The molecule has 0 saturated heterocycles. The van der Waals surface area contributed by atoms with Gasteiger partial charge in [0.25, 0.3) is 5.91 Å². The molecule has 0 unspecified atom stereocenters. The third-order valence-corrected chi connectivity index (χ3v) is 4.53. The van der Waals surface area contributed by atoms with Crippen molar-refractivity contribution in [3.63, 3.8) is 0 Å². The maximum Gasteiger partial charge on any atom is 0.268 e. The van der Waals surface area contributed by atoms with Crippen molar-refractivity contribution in [1.82, 2.24) is 15.4 Å². The largest absolute Gasteiger partial charge is 0.299 e. The average Bonchev–Trinajstić information content (AvgIpc) is 2.58. The zero-order valence-electron chi connectivity index (χ0n) is 13.6. The molecule has 7 heteroatoms. The van der Waals surface area contributed by atoms with Crippen LogP contribution < -0.4 is 5.43 Å². The molecule has 1 heterocycles. The second kappa shape index (κ2) is 7.99. The second-order valence-electron chi connectivity index (χ2n) is 5.67. The number of amides is 1. The number of carbonyl (C=O) groups is 1. The van der Waals surface area contributed by atoms with E-state index in [0.29, 0.717) is 22.2 Å². The number of carbonyl (C=O) groups excluding carboxylic acids is 1. The van der Waals surface area contributed by atoms with Crippen molar-refractivity contribution in [2.45, 2.75) is 32.7 Å². The van der Waals surface area contributed by atoms with Crippen molar-refractivity contribution in [2.75, 3.05) is 20.1 Å². The van der Waals surface area contributed by atoms with E-state index in [0.717, 1.165) is 25.1 Å². The first-order valence-electron chi connectivity index (χ1n) is 7.72. The van der Waals surface area contributed by atoms with Gasteiger partial charge in [-0.2, -0.15) is 5.10 Å². The minimum atomic E-state index is -0.115. The Balaban J connectivity index is 2.23. The van der Waals surface area contributed by atoms with Gasteiger partial charge in [0.1, 0.15) is 0 Å². The van der Waals surface area contributed by atoms with E-state index in [1.54, 1.807) is 23.2 Å². The number of hydrogen-bond donors (Lipinski definition) is 1. The van der Waals surface area contributed by atoms with E-state index in [2.05, 4.69) is 17.5 Å². The van der Waals surface area contributed by atoms with E-state index in [1.807, 2.05) is 19.0 Å². The Hall–Kier alpha value is -1.30. The minimum absolute atomic E-state index is 0.0119. The van der Waals surface area contributed by atoms with Crippen LogP contribution in [0.15, 0.2) is 23.3 Å². The van der Waals surface area contributed by atoms with E-state index < -0.39 is 0 Å². The summed E-state index contributed by atoms with van der Waals surface area (Å²) in [5.41, 5.74) is 4.81. The van der Waals surface area contributed by atoms with Crippen LogP contribution in [0, 0.1) is 0 Å². The molecule has 0 bridgehead atoms. The van der Waals surface area contributed by atoms with Gasteiger partial charge in [0, 0.05) is 37.8 Å². The van der Waals surface area contributed by atoms with Gasteiger partial charge in [-0.25, -0.2) is 5.43 Å². The summed E-state index contributed by atoms with van der Waals surface area (Å²) in [6.45, 7) is 5.45. The molecule has 0 radical (unpaired) electrons. The number of hydrogen-bond acceptors (Lipinski definition) is 4. The van der Waals surface area contributed by atoms with Gasteiger partial charge in [0.2, 0.25) is 0 Å². The normalized spacial score (nSPS) is 22.0. The lowest BCUT2D eigenvalue weighted by Crippen LogP contribution is -2.50. The summed E-state index contributed by atoms with van der Waals surface area (Å²) in [5.74, 6) is -0.115. The molecular formula is C16H22Cl2N4O. The SMILES string of the molecule is CC/C1=N\N(C)CCNN(C(=O)c2ccc(Cl)c(Cl)c2)[C@H](C)C1. The summed E-state index contributed by atoms with van der Waals surface area (Å²) in [6.07, 6.45) is 1.59. The van der Waals surface area contributed by atoms with Gasteiger partial charge in [0.05, 0.1) is 16.1 Å². The fourth-order valence-electron chi connectivity index (χ4n) is 2.51. The molecule has 1 aliphatic rings. The van der Waals surface area contributed by atoms with E-state index in [9.17, 15) is 4.79 Å². The van der Waals surface area contributed by atoms with Crippen molar-refractivity contribution in [3.8, 4) is 0 Å². The van der Waals surface area contributed by atoms with Crippen LogP contribution in [0.25, 0.3) is 0 Å². The number of likely N-dealkylation sites (N-methyl/N-ethyl adjacent to an activating group) is 1. The fourth-order valence-corrected chi connectivity index (χ4v) is 2.81. The van der Waals surface area contributed by atoms with Gasteiger partial charge in [-0.05, 0) is 31.5 Å². The number of hydrazine groups is 1. The summed E-state index contributed by atoms with van der Waals surface area (Å²) < 4.78 is 0. The lowest BCUT2D eigenvalue weighted by molar-refractivity contribution is 0.0568. The highest BCUT2D eigenvalue weighted by Crippen LogP contribution is 2.23. The number of hydrazone groups is 1. The molecule has 0 fully saturated rings. The molecular weight excluding hydrogens is 335 g/mol. The molecule has 1 N–H and O–H groups in total. The van der Waals surface area contributed by atoms with Gasteiger partial charge >= 0.3 is 0 Å². The van der Waals surface area contributed by atoms with Gasteiger partial charge in [-0.1, -0.05) is 30.1 Å². The number of nitrogens with one attached hydrogen (secondary N) is 1. The van der Waals surface area contributed by atoms with E-state index in [1.165, 1.54) is 0 Å². The van der Waals surface area contributed by atoms with Crippen molar-refractivity contribution in [1.29, 1.82) is 0 Å². The smallest absolute Gasteiger partial charge is 0.268 e. The molecule has 23 heavy (non-hydrogen) atoms. The summed E-state index contributed by atoms with van der Waals surface area (Å²) in [5, 5.41) is 8.99. The van der Waals surface area contributed by atoms with Crippen molar-refractivity contribution in [2.24, 2.45) is 5.10 Å². The Morgan fingerprint density at radius 1 is 1.39 bits per heavy atom. The molecule has 1 amide bonds. The Morgan fingerprint density at radius 3 is 2.78 bits per heavy atom. The predicted molar refractivity (Wildman–Crippen MR) is 95.1 cm³/mol. The lowest BCUT2D eigenvalue weighted by Gasteiger charge is -2.29. The first-order chi connectivity index (χ1) is 10.9. The van der Waals surface area contributed by atoms with Crippen molar-refractivity contribution in [3.05, 3.63) is 33.8 Å². The number of rotatable bonds is 2. The zero-order valence-corrected chi connectivity index (χ0v) is 15.2. The molecule has 0 saturated carbocycles.